The summed E-state index contributed by atoms with van der Waals surface area (Å²) in [7, 11) is 1.36. The Balaban J connectivity index is 0.00000312. The molecule has 2 rings (SSSR count). The number of nitrogens with zero attached hydrogens (tertiary/aromatic N) is 1. The number of hydrogen-bond acceptors (Lipinski definition) is 5. The third kappa shape index (κ3) is 6.40. The number of hydrogen-bond donors (Lipinski definition) is 2. The average molecular weight is 481 g/mol. The molecule has 1 aromatic heterocycles. The minimum Gasteiger partial charge on any atom is -0.465 e. The van der Waals surface area contributed by atoms with Gasteiger partial charge in [-0.15, -0.1) is 24.0 Å². The highest BCUT2D eigenvalue weighted by Crippen LogP contribution is 2.28. The Hall–Kier alpha value is -0.900. The molecule has 25 heavy (non-hydrogen) atoms. The Labute approximate surface area is 171 Å². The third-order valence-electron chi connectivity index (χ3n) is 4.17. The van der Waals surface area contributed by atoms with Gasteiger partial charge in [0.2, 0.25) is 0 Å². The fraction of sp³-hybridized carbons (Fsp3) is 0.647. The van der Waals surface area contributed by atoms with Crippen molar-refractivity contribution in [1.82, 2.24) is 10.6 Å². The molecule has 6 nitrogen and oxygen atoms in total. The minimum atomic E-state index is -0.384. The van der Waals surface area contributed by atoms with E-state index in [9.17, 15) is 4.79 Å². The molecule has 0 bridgehead atoms. The summed E-state index contributed by atoms with van der Waals surface area (Å²) in [6, 6.07) is 2.16. The molecule has 8 heteroatoms. The molecule has 0 aromatic carbocycles. The molecule has 1 aliphatic rings. The van der Waals surface area contributed by atoms with Gasteiger partial charge in [-0.05, 0) is 45.4 Å². The van der Waals surface area contributed by atoms with E-state index in [2.05, 4.69) is 21.9 Å². The number of guanidine groups is 1. The quantitative estimate of drug-likeness (QED) is 0.281. The van der Waals surface area contributed by atoms with Crippen molar-refractivity contribution in [3.63, 3.8) is 0 Å². The molecule has 0 saturated heterocycles. The second-order valence-electron chi connectivity index (χ2n) is 5.88. The molecule has 1 aromatic rings. The van der Waals surface area contributed by atoms with Gasteiger partial charge in [-0.2, -0.15) is 11.8 Å². The van der Waals surface area contributed by atoms with Gasteiger partial charge in [0.05, 0.1) is 7.11 Å². The predicted octanol–water partition coefficient (Wildman–Crippen LogP) is 3.33. The molecule has 2 unspecified atom stereocenters. The highest BCUT2D eigenvalue weighted by atomic mass is 127. The smallest absolute Gasteiger partial charge is 0.341 e. The maximum absolute atomic E-state index is 11.6. The number of ether oxygens (including phenoxy) is 1. The molecule has 2 atom stereocenters. The van der Waals surface area contributed by atoms with Gasteiger partial charge in [-0.3, -0.25) is 0 Å². The Morgan fingerprint density at radius 1 is 1.48 bits per heavy atom. The van der Waals surface area contributed by atoms with E-state index in [0.29, 0.717) is 29.7 Å². The highest BCUT2D eigenvalue weighted by molar-refractivity contribution is 14.0. The van der Waals surface area contributed by atoms with Crippen LogP contribution < -0.4 is 10.6 Å². The van der Waals surface area contributed by atoms with E-state index in [0.717, 1.165) is 24.2 Å². The van der Waals surface area contributed by atoms with Crippen molar-refractivity contribution >= 4 is 47.7 Å². The zero-order chi connectivity index (χ0) is 17.5. The molecule has 142 valence electrons. The zero-order valence-electron chi connectivity index (χ0n) is 15.3. The zero-order valence-corrected chi connectivity index (χ0v) is 18.4. The summed E-state index contributed by atoms with van der Waals surface area (Å²) in [4.78, 5) is 16.2. The Morgan fingerprint density at radius 2 is 2.24 bits per heavy atom. The van der Waals surface area contributed by atoms with Crippen LogP contribution in [0.5, 0.6) is 0 Å². The van der Waals surface area contributed by atoms with Crippen molar-refractivity contribution in [2.75, 3.05) is 19.9 Å². The predicted molar refractivity (Wildman–Crippen MR) is 113 cm³/mol. The van der Waals surface area contributed by atoms with Crippen LogP contribution in [-0.4, -0.2) is 43.1 Å². The second kappa shape index (κ2) is 10.9. The second-order valence-corrected chi connectivity index (χ2v) is 7.02. The normalized spacial score (nSPS) is 20.1. The lowest BCUT2D eigenvalue weighted by atomic mass is 10.2. The maximum Gasteiger partial charge on any atom is 0.341 e. The number of thioether (sulfide) groups is 1. The van der Waals surface area contributed by atoms with Gasteiger partial charge in [0.1, 0.15) is 23.6 Å². The Kier molecular flexibility index (Phi) is 9.70. The number of carbonyl (C=O) groups excluding carboxylic acids is 1. The fourth-order valence-electron chi connectivity index (χ4n) is 2.89. The summed E-state index contributed by atoms with van der Waals surface area (Å²) in [5.74, 6) is 1.62. The molecule has 0 radical (unpaired) electrons. The standard InChI is InChI=1S/C17H27N3O3S.HI/c1-5-18-17(20-12-6-7-14(8-12)24-4)19-10-13-9-15(11(2)23-13)16(21)22-3;/h9,12,14H,5-8,10H2,1-4H3,(H2,18,19,20);1H. The van der Waals surface area contributed by atoms with Gasteiger partial charge in [-0.25, -0.2) is 9.79 Å². The lowest BCUT2D eigenvalue weighted by molar-refractivity contribution is 0.0599. The molecular weight excluding hydrogens is 453 g/mol. The van der Waals surface area contributed by atoms with Crippen LogP contribution in [0.4, 0.5) is 0 Å². The first-order valence-electron chi connectivity index (χ1n) is 8.32. The molecule has 0 amide bonds. The fourth-order valence-corrected chi connectivity index (χ4v) is 3.69. The van der Waals surface area contributed by atoms with Crippen LogP contribution in [0.3, 0.4) is 0 Å². The minimum absolute atomic E-state index is 0. The summed E-state index contributed by atoms with van der Waals surface area (Å²) in [5.41, 5.74) is 0.458. The number of methoxy groups -OCH3 is 1. The number of furan rings is 1. The van der Waals surface area contributed by atoms with Crippen LogP contribution in [0.2, 0.25) is 0 Å². The van der Waals surface area contributed by atoms with E-state index in [1.165, 1.54) is 20.0 Å². The number of halogens is 1. The van der Waals surface area contributed by atoms with E-state index in [4.69, 9.17) is 9.15 Å². The van der Waals surface area contributed by atoms with Gasteiger partial charge in [0.25, 0.3) is 0 Å². The maximum atomic E-state index is 11.6. The molecule has 1 heterocycles. The summed E-state index contributed by atoms with van der Waals surface area (Å²) in [6.07, 6.45) is 5.75. The van der Waals surface area contributed by atoms with E-state index in [1.807, 2.05) is 18.7 Å². The van der Waals surface area contributed by atoms with Crippen LogP contribution >= 0.6 is 35.7 Å². The van der Waals surface area contributed by atoms with Crippen molar-refractivity contribution < 1.29 is 13.9 Å². The number of rotatable bonds is 6. The molecular formula is C17H28IN3O3S. The van der Waals surface area contributed by atoms with E-state index >= 15 is 0 Å². The largest absolute Gasteiger partial charge is 0.465 e. The van der Waals surface area contributed by atoms with Crippen LogP contribution in [-0.2, 0) is 11.3 Å². The van der Waals surface area contributed by atoms with Crippen molar-refractivity contribution in [2.45, 2.75) is 50.9 Å². The van der Waals surface area contributed by atoms with Gasteiger partial charge >= 0.3 is 5.97 Å². The topological polar surface area (TPSA) is 75.9 Å². The van der Waals surface area contributed by atoms with Crippen molar-refractivity contribution in [1.29, 1.82) is 0 Å². The number of nitrogens with one attached hydrogen (secondary N) is 2. The molecule has 1 fully saturated rings. The molecule has 0 spiro atoms. The van der Waals surface area contributed by atoms with Gasteiger partial charge in [-0.1, -0.05) is 0 Å². The number of carbonyl (C=O) groups is 1. The molecule has 0 aliphatic heterocycles. The Bertz CT molecular complexity index is 592. The van der Waals surface area contributed by atoms with Gasteiger partial charge < -0.3 is 19.8 Å². The SMILES string of the molecule is CCNC(=NCc1cc(C(=O)OC)c(C)o1)NC1CCC(SC)C1.I. The van der Waals surface area contributed by atoms with E-state index in [1.54, 1.807) is 13.0 Å². The Morgan fingerprint density at radius 3 is 2.84 bits per heavy atom. The summed E-state index contributed by atoms with van der Waals surface area (Å²) < 4.78 is 10.3. The summed E-state index contributed by atoms with van der Waals surface area (Å²) in [6.45, 7) is 4.98. The number of aryl methyl sites for hydroxylation is 1. The van der Waals surface area contributed by atoms with Crippen molar-refractivity contribution in [2.24, 2.45) is 4.99 Å². The number of aliphatic imine (C=N–C) groups is 1. The molecule has 1 aliphatic carbocycles. The lowest BCUT2D eigenvalue weighted by Gasteiger charge is -2.17. The van der Waals surface area contributed by atoms with Gasteiger partial charge in [0, 0.05) is 17.8 Å². The summed E-state index contributed by atoms with van der Waals surface area (Å²) in [5, 5.41) is 7.50. The number of esters is 1. The van der Waals surface area contributed by atoms with Crippen molar-refractivity contribution in [3.05, 3.63) is 23.2 Å². The highest BCUT2D eigenvalue weighted by Gasteiger charge is 2.24. The van der Waals surface area contributed by atoms with Crippen LogP contribution in [0, 0.1) is 6.92 Å². The third-order valence-corrected chi connectivity index (χ3v) is 5.26. The average Bonchev–Trinajstić information content (AvgIpc) is 3.18. The van der Waals surface area contributed by atoms with Crippen LogP contribution in [0.15, 0.2) is 15.5 Å². The molecule has 1 saturated carbocycles. The van der Waals surface area contributed by atoms with E-state index in [-0.39, 0.29) is 29.9 Å². The lowest BCUT2D eigenvalue weighted by Crippen LogP contribution is -2.42. The first-order chi connectivity index (χ1) is 11.6. The van der Waals surface area contributed by atoms with E-state index < -0.39 is 0 Å². The van der Waals surface area contributed by atoms with Crippen LogP contribution in [0.1, 0.15) is 48.1 Å². The van der Waals surface area contributed by atoms with Crippen LogP contribution in [0.25, 0.3) is 0 Å². The molecule has 2 N–H and O–H groups in total. The monoisotopic (exact) mass is 481 g/mol. The van der Waals surface area contributed by atoms with Crippen molar-refractivity contribution in [3.8, 4) is 0 Å². The van der Waals surface area contributed by atoms with Gasteiger partial charge in [0.15, 0.2) is 5.96 Å². The first-order valence-corrected chi connectivity index (χ1v) is 9.61. The first kappa shape index (κ1) is 22.1. The summed E-state index contributed by atoms with van der Waals surface area (Å²) >= 11 is 1.94.